The fourth-order valence-electron chi connectivity index (χ4n) is 3.46. The molecule has 12 heteroatoms. The highest BCUT2D eigenvalue weighted by atomic mass is 79.9. The van der Waals surface area contributed by atoms with Crippen LogP contribution >= 0.6 is 31.9 Å². The number of halogens is 2. The summed E-state index contributed by atoms with van der Waals surface area (Å²) in [6.07, 6.45) is 2.01. The lowest BCUT2D eigenvalue weighted by atomic mass is 10.2. The van der Waals surface area contributed by atoms with Gasteiger partial charge in [-0.15, -0.1) is 0 Å². The van der Waals surface area contributed by atoms with E-state index < -0.39 is 30.2 Å². The van der Waals surface area contributed by atoms with Crippen LogP contribution in [0.2, 0.25) is 0 Å². The molecule has 0 bridgehead atoms. The molecule has 0 aliphatic heterocycles. The smallest absolute Gasteiger partial charge is 0.343 e. The SMILES string of the molecule is O=C(CC(=O)N/N=C\c1cc(Br)ccc1OC(=O)c1ccccc1)N/N=C\c1cc(Br)ccc1OC(=O)c1ccccc1. The molecular weight excluding hydrogens is 684 g/mol. The molecule has 2 amide bonds. The van der Waals surface area contributed by atoms with Gasteiger partial charge in [0, 0.05) is 20.1 Å². The van der Waals surface area contributed by atoms with Gasteiger partial charge in [0.1, 0.15) is 17.9 Å². The van der Waals surface area contributed by atoms with Crippen molar-refractivity contribution in [3.8, 4) is 11.5 Å². The van der Waals surface area contributed by atoms with Crippen LogP contribution < -0.4 is 20.3 Å². The van der Waals surface area contributed by atoms with Gasteiger partial charge in [-0.1, -0.05) is 68.3 Å². The molecule has 0 aliphatic rings. The minimum Gasteiger partial charge on any atom is -0.422 e. The largest absolute Gasteiger partial charge is 0.422 e. The van der Waals surface area contributed by atoms with E-state index in [0.717, 1.165) is 0 Å². The highest BCUT2D eigenvalue weighted by Crippen LogP contribution is 2.24. The highest BCUT2D eigenvalue weighted by Gasteiger charge is 2.13. The predicted molar refractivity (Wildman–Crippen MR) is 167 cm³/mol. The zero-order valence-electron chi connectivity index (χ0n) is 22.2. The second-order valence-corrected chi connectivity index (χ2v) is 10.5. The Morgan fingerprint density at radius 3 is 1.40 bits per heavy atom. The lowest BCUT2D eigenvalue weighted by Gasteiger charge is -2.08. The van der Waals surface area contributed by atoms with Crippen LogP contribution in [0.5, 0.6) is 11.5 Å². The van der Waals surface area contributed by atoms with Gasteiger partial charge in [-0.25, -0.2) is 20.4 Å². The molecule has 4 aromatic carbocycles. The van der Waals surface area contributed by atoms with Gasteiger partial charge < -0.3 is 9.47 Å². The molecular formula is C31H22Br2N4O6. The number of rotatable bonds is 10. The van der Waals surface area contributed by atoms with Gasteiger partial charge >= 0.3 is 11.9 Å². The van der Waals surface area contributed by atoms with Crippen LogP contribution in [0.25, 0.3) is 0 Å². The Morgan fingerprint density at radius 1 is 0.605 bits per heavy atom. The average Bonchev–Trinajstić information content (AvgIpc) is 3.00. The van der Waals surface area contributed by atoms with Crippen molar-refractivity contribution in [1.82, 2.24) is 10.9 Å². The second-order valence-electron chi connectivity index (χ2n) is 8.64. The van der Waals surface area contributed by atoms with Gasteiger partial charge in [-0.2, -0.15) is 10.2 Å². The molecule has 2 N–H and O–H groups in total. The molecule has 0 saturated heterocycles. The summed E-state index contributed by atoms with van der Waals surface area (Å²) in [6, 6.07) is 26.8. The van der Waals surface area contributed by atoms with Gasteiger partial charge in [-0.3, -0.25) is 9.59 Å². The lowest BCUT2D eigenvalue weighted by molar-refractivity contribution is -0.129. The number of esters is 2. The number of hydrazone groups is 2. The molecule has 0 heterocycles. The molecule has 0 atom stereocenters. The average molecular weight is 706 g/mol. The van der Waals surface area contributed by atoms with E-state index in [4.69, 9.17) is 9.47 Å². The van der Waals surface area contributed by atoms with Crippen LogP contribution in [0, 0.1) is 0 Å². The van der Waals surface area contributed by atoms with Crippen LogP contribution in [0.4, 0.5) is 0 Å². The summed E-state index contributed by atoms with van der Waals surface area (Å²) in [6.45, 7) is 0. The molecule has 0 unspecified atom stereocenters. The number of ether oxygens (including phenoxy) is 2. The number of benzene rings is 4. The molecule has 4 aromatic rings. The number of nitrogens with zero attached hydrogens (tertiary/aromatic N) is 2. The highest BCUT2D eigenvalue weighted by molar-refractivity contribution is 9.10. The molecule has 0 saturated carbocycles. The van der Waals surface area contributed by atoms with Crippen molar-refractivity contribution in [2.75, 3.05) is 0 Å². The molecule has 0 aromatic heterocycles. The van der Waals surface area contributed by atoms with E-state index in [-0.39, 0.29) is 11.5 Å². The van der Waals surface area contributed by atoms with E-state index in [9.17, 15) is 19.2 Å². The Hall–Kier alpha value is -4.94. The first-order chi connectivity index (χ1) is 20.8. The Kier molecular flexibility index (Phi) is 11.1. The third-order valence-electron chi connectivity index (χ3n) is 5.47. The normalized spacial score (nSPS) is 10.8. The summed E-state index contributed by atoms with van der Waals surface area (Å²) in [4.78, 5) is 49.4. The van der Waals surface area contributed by atoms with Gasteiger partial charge in [0.05, 0.1) is 23.6 Å². The summed E-state index contributed by atoms with van der Waals surface area (Å²) in [7, 11) is 0. The topological polar surface area (TPSA) is 136 Å². The van der Waals surface area contributed by atoms with Crippen molar-refractivity contribution in [3.63, 3.8) is 0 Å². The van der Waals surface area contributed by atoms with Crippen LogP contribution in [0.3, 0.4) is 0 Å². The van der Waals surface area contributed by atoms with Crippen LogP contribution in [0.15, 0.2) is 116 Å². The third-order valence-corrected chi connectivity index (χ3v) is 6.46. The van der Waals surface area contributed by atoms with E-state index in [1.54, 1.807) is 97.1 Å². The van der Waals surface area contributed by atoms with E-state index >= 15 is 0 Å². The third kappa shape index (κ3) is 9.55. The summed E-state index contributed by atoms with van der Waals surface area (Å²) >= 11 is 6.70. The van der Waals surface area contributed by atoms with E-state index in [2.05, 4.69) is 52.9 Å². The van der Waals surface area contributed by atoms with Crippen LogP contribution in [0.1, 0.15) is 38.3 Å². The van der Waals surface area contributed by atoms with E-state index in [1.165, 1.54) is 12.4 Å². The molecule has 0 spiro atoms. The van der Waals surface area contributed by atoms with E-state index in [1.807, 2.05) is 0 Å². The maximum Gasteiger partial charge on any atom is 0.343 e. The number of carbonyl (C=O) groups is 4. The fraction of sp³-hybridized carbons (Fsp3) is 0.0323. The molecule has 0 fully saturated rings. The Morgan fingerprint density at radius 2 is 1.00 bits per heavy atom. The van der Waals surface area contributed by atoms with Gasteiger partial charge in [0.2, 0.25) is 11.8 Å². The van der Waals surface area contributed by atoms with Crippen molar-refractivity contribution >= 4 is 68.0 Å². The van der Waals surface area contributed by atoms with Gasteiger partial charge in [0.25, 0.3) is 0 Å². The minimum atomic E-state index is -0.707. The number of hydrogen-bond donors (Lipinski definition) is 2. The first kappa shape index (κ1) is 31.0. The van der Waals surface area contributed by atoms with Crippen LogP contribution in [-0.4, -0.2) is 36.2 Å². The predicted octanol–water partition coefficient (Wildman–Crippen LogP) is 5.64. The molecule has 0 radical (unpaired) electrons. The van der Waals surface area contributed by atoms with Gasteiger partial charge in [0.15, 0.2) is 0 Å². The summed E-state index contributed by atoms with van der Waals surface area (Å²) < 4.78 is 12.3. The minimum absolute atomic E-state index is 0.225. The van der Waals surface area contributed by atoms with E-state index in [0.29, 0.717) is 31.2 Å². The monoisotopic (exact) mass is 704 g/mol. The van der Waals surface area contributed by atoms with Crippen molar-refractivity contribution in [3.05, 3.63) is 128 Å². The number of nitrogens with one attached hydrogen (secondary N) is 2. The van der Waals surface area contributed by atoms with Crippen molar-refractivity contribution < 1.29 is 28.7 Å². The van der Waals surface area contributed by atoms with Crippen molar-refractivity contribution in [1.29, 1.82) is 0 Å². The standard InChI is InChI=1S/C31H22Br2N4O6/c32-24-11-13-26(42-30(40)20-7-3-1-4-8-20)22(15-24)18-34-36-28(38)17-29(39)37-35-19-23-16-25(33)12-14-27(23)43-31(41)21-9-5-2-6-10-21/h1-16,18-19H,17H2,(H,36,38)(H,37,39)/b34-18-,35-19-. The van der Waals surface area contributed by atoms with Gasteiger partial charge in [-0.05, 0) is 60.7 Å². The molecule has 43 heavy (non-hydrogen) atoms. The number of hydrogen-bond acceptors (Lipinski definition) is 8. The molecule has 216 valence electrons. The Balaban J connectivity index is 1.31. The lowest BCUT2D eigenvalue weighted by Crippen LogP contribution is -2.27. The summed E-state index contributed by atoms with van der Waals surface area (Å²) in [5.74, 6) is -2.07. The molecule has 0 aliphatic carbocycles. The fourth-order valence-corrected chi connectivity index (χ4v) is 4.22. The Labute approximate surface area is 263 Å². The van der Waals surface area contributed by atoms with Crippen molar-refractivity contribution in [2.45, 2.75) is 6.42 Å². The van der Waals surface area contributed by atoms with Crippen molar-refractivity contribution in [2.24, 2.45) is 10.2 Å². The second kappa shape index (κ2) is 15.3. The number of amides is 2. The Bertz CT molecular complexity index is 1570. The molecule has 10 nitrogen and oxygen atoms in total. The first-order valence-electron chi connectivity index (χ1n) is 12.6. The van der Waals surface area contributed by atoms with Crippen LogP contribution in [-0.2, 0) is 9.59 Å². The zero-order valence-corrected chi connectivity index (χ0v) is 25.4. The zero-order chi connectivity index (χ0) is 30.6. The maximum absolute atomic E-state index is 12.4. The summed E-state index contributed by atoms with van der Waals surface area (Å²) in [5.41, 5.74) is 6.07. The maximum atomic E-state index is 12.4. The summed E-state index contributed by atoms with van der Waals surface area (Å²) in [5, 5.41) is 7.74. The first-order valence-corrected chi connectivity index (χ1v) is 14.1. The quantitative estimate of drug-likeness (QED) is 0.0721. The number of carbonyl (C=O) groups excluding carboxylic acids is 4. The molecule has 4 rings (SSSR count).